The van der Waals surface area contributed by atoms with Gasteiger partial charge < -0.3 is 5.11 Å². The summed E-state index contributed by atoms with van der Waals surface area (Å²) in [5.41, 5.74) is -2.59. The largest absolute Gasteiger partial charge is 0.478 e. The van der Waals surface area contributed by atoms with Crippen molar-refractivity contribution in [2.45, 2.75) is 33.1 Å². The van der Waals surface area contributed by atoms with Gasteiger partial charge in [-0.3, -0.25) is 0 Å². The zero-order valence-corrected chi connectivity index (χ0v) is 8.52. The maximum atomic E-state index is 13.0. The topological polar surface area (TPSA) is 37.3 Å². The fourth-order valence-corrected chi connectivity index (χ4v) is 0.980. The molecular formula is C9H12F4O2. The summed E-state index contributed by atoms with van der Waals surface area (Å²) in [6, 6.07) is 0. The Labute approximate surface area is 84.6 Å². The summed E-state index contributed by atoms with van der Waals surface area (Å²) < 4.78 is 50.0. The molecule has 0 aliphatic heterocycles. The number of allylic oxidation sites excluding steroid dienone is 1. The second kappa shape index (κ2) is 4.20. The van der Waals surface area contributed by atoms with Gasteiger partial charge in [0.25, 0.3) is 0 Å². The highest BCUT2D eigenvalue weighted by atomic mass is 19.3. The van der Waals surface area contributed by atoms with Crippen LogP contribution in [0.4, 0.5) is 17.6 Å². The van der Waals surface area contributed by atoms with Crippen molar-refractivity contribution in [2.75, 3.05) is 0 Å². The third-order valence-electron chi connectivity index (χ3n) is 2.05. The van der Waals surface area contributed by atoms with E-state index in [1.165, 1.54) is 0 Å². The van der Waals surface area contributed by atoms with Gasteiger partial charge in [0.2, 0.25) is 0 Å². The molecule has 0 aromatic carbocycles. The van der Waals surface area contributed by atoms with Gasteiger partial charge in [0.1, 0.15) is 0 Å². The van der Waals surface area contributed by atoms with Gasteiger partial charge >= 0.3 is 18.3 Å². The van der Waals surface area contributed by atoms with E-state index in [1.54, 1.807) is 0 Å². The van der Waals surface area contributed by atoms with Crippen molar-refractivity contribution < 1.29 is 27.5 Å². The Morgan fingerprint density at radius 2 is 1.73 bits per heavy atom. The van der Waals surface area contributed by atoms with Crippen molar-refractivity contribution in [2.24, 2.45) is 5.41 Å². The van der Waals surface area contributed by atoms with Crippen molar-refractivity contribution in [3.8, 4) is 0 Å². The van der Waals surface area contributed by atoms with Crippen LogP contribution >= 0.6 is 0 Å². The second-order valence-corrected chi connectivity index (χ2v) is 3.78. The smallest absolute Gasteiger partial charge is 0.330 e. The lowest BCUT2D eigenvalue weighted by molar-refractivity contribution is -0.181. The van der Waals surface area contributed by atoms with Crippen LogP contribution < -0.4 is 0 Å². The molecule has 0 spiro atoms. The summed E-state index contributed by atoms with van der Waals surface area (Å²) in [6.07, 6.45) is -3.19. The minimum atomic E-state index is -4.26. The molecule has 0 aromatic heterocycles. The predicted molar refractivity (Wildman–Crippen MR) is 46.1 cm³/mol. The molecule has 0 saturated heterocycles. The predicted octanol–water partition coefficient (Wildman–Crippen LogP) is 2.94. The lowest BCUT2D eigenvalue weighted by Gasteiger charge is -2.30. The fourth-order valence-electron chi connectivity index (χ4n) is 0.980. The molecule has 0 aliphatic carbocycles. The van der Waals surface area contributed by atoms with Crippen LogP contribution in [0.25, 0.3) is 0 Å². The first-order valence-electron chi connectivity index (χ1n) is 4.11. The molecule has 0 aliphatic rings. The van der Waals surface area contributed by atoms with E-state index in [0.717, 1.165) is 20.8 Å². The van der Waals surface area contributed by atoms with Crippen molar-refractivity contribution in [3.63, 3.8) is 0 Å². The van der Waals surface area contributed by atoms with E-state index in [1.807, 2.05) is 0 Å². The zero-order valence-electron chi connectivity index (χ0n) is 8.52. The molecule has 2 nitrogen and oxygen atoms in total. The highest BCUT2D eigenvalue weighted by molar-refractivity contribution is 5.85. The summed E-state index contributed by atoms with van der Waals surface area (Å²) in [5, 5.41) is 8.45. The molecular weight excluding hydrogens is 216 g/mol. The first kappa shape index (κ1) is 13.9. The van der Waals surface area contributed by atoms with E-state index >= 15 is 0 Å². The van der Waals surface area contributed by atoms with Gasteiger partial charge in [0.15, 0.2) is 0 Å². The quantitative estimate of drug-likeness (QED) is 0.593. The Morgan fingerprint density at radius 1 is 1.33 bits per heavy atom. The van der Waals surface area contributed by atoms with Gasteiger partial charge in [-0.05, 0) is 6.92 Å². The van der Waals surface area contributed by atoms with E-state index < -0.39 is 23.7 Å². The second-order valence-electron chi connectivity index (χ2n) is 3.78. The third-order valence-corrected chi connectivity index (χ3v) is 2.05. The first-order chi connectivity index (χ1) is 6.52. The van der Waals surface area contributed by atoms with Crippen molar-refractivity contribution in [1.29, 1.82) is 0 Å². The molecule has 0 fully saturated rings. The highest BCUT2D eigenvalue weighted by Crippen LogP contribution is 2.42. The summed E-state index contributed by atoms with van der Waals surface area (Å²) in [4.78, 5) is 10.4. The zero-order chi connectivity index (χ0) is 12.4. The molecule has 15 heavy (non-hydrogen) atoms. The molecule has 6 heteroatoms. The van der Waals surface area contributed by atoms with Crippen molar-refractivity contribution in [1.82, 2.24) is 0 Å². The molecule has 0 heterocycles. The van der Waals surface area contributed by atoms with Gasteiger partial charge in [-0.15, -0.1) is 0 Å². The van der Waals surface area contributed by atoms with Crippen molar-refractivity contribution >= 4 is 5.97 Å². The Balaban J connectivity index is 5.15. The van der Waals surface area contributed by atoms with Crippen LogP contribution in [-0.4, -0.2) is 23.4 Å². The number of hydrogen-bond donors (Lipinski definition) is 1. The van der Waals surface area contributed by atoms with Crippen LogP contribution in [0.3, 0.4) is 0 Å². The first-order valence-corrected chi connectivity index (χ1v) is 4.11. The van der Waals surface area contributed by atoms with Crippen LogP contribution in [0.15, 0.2) is 11.6 Å². The molecule has 0 radical (unpaired) electrons. The van der Waals surface area contributed by atoms with Crippen LogP contribution in [-0.2, 0) is 4.79 Å². The van der Waals surface area contributed by atoms with E-state index in [9.17, 15) is 22.4 Å². The minimum absolute atomic E-state index is 0.389. The summed E-state index contributed by atoms with van der Waals surface area (Å²) in [7, 11) is 0. The number of carboxylic acids is 1. The molecule has 0 rings (SSSR count). The minimum Gasteiger partial charge on any atom is -0.478 e. The maximum absolute atomic E-state index is 13.0. The van der Waals surface area contributed by atoms with E-state index in [4.69, 9.17) is 5.11 Å². The molecule has 1 N–H and O–H groups in total. The molecule has 0 unspecified atom stereocenters. The SMILES string of the molecule is C/C(=C\C(C)(C)C(F)(F)C(F)F)C(=O)O. The van der Waals surface area contributed by atoms with E-state index in [-0.39, 0.29) is 5.57 Å². The number of carboxylic acid groups (broad SMARTS) is 1. The molecule has 0 amide bonds. The summed E-state index contributed by atoms with van der Waals surface area (Å²) in [5.74, 6) is -5.67. The standard InChI is InChI=1S/C9H12F4O2/c1-5(6(14)15)4-8(2,3)9(12,13)7(10)11/h4,7H,1-3H3,(H,14,15)/b5-4+. The van der Waals surface area contributed by atoms with Crippen LogP contribution in [0.2, 0.25) is 0 Å². The molecule has 88 valence electrons. The van der Waals surface area contributed by atoms with Gasteiger partial charge in [-0.25, -0.2) is 13.6 Å². The summed E-state index contributed by atoms with van der Waals surface area (Å²) in [6.45, 7) is 2.81. The number of alkyl halides is 4. The Hall–Kier alpha value is -1.07. The normalized spacial score (nSPS) is 14.5. The number of hydrogen-bond acceptors (Lipinski definition) is 1. The average Bonchev–Trinajstić information content (AvgIpc) is 2.02. The number of rotatable bonds is 4. The van der Waals surface area contributed by atoms with Crippen LogP contribution in [0.1, 0.15) is 20.8 Å². The number of aliphatic carboxylic acids is 1. The lowest BCUT2D eigenvalue weighted by atomic mass is 9.84. The van der Waals surface area contributed by atoms with Gasteiger partial charge in [-0.2, -0.15) is 8.78 Å². The maximum Gasteiger partial charge on any atom is 0.330 e. The van der Waals surface area contributed by atoms with Crippen molar-refractivity contribution in [3.05, 3.63) is 11.6 Å². The molecule has 0 atom stereocenters. The average molecular weight is 228 g/mol. The van der Waals surface area contributed by atoms with Crippen LogP contribution in [0.5, 0.6) is 0 Å². The third kappa shape index (κ3) is 2.94. The van der Waals surface area contributed by atoms with Gasteiger partial charge in [0.05, 0.1) is 5.41 Å². The van der Waals surface area contributed by atoms with Gasteiger partial charge in [-0.1, -0.05) is 19.9 Å². The molecule has 0 aromatic rings. The number of carbonyl (C=O) groups is 1. The lowest BCUT2D eigenvalue weighted by Crippen LogP contribution is -2.41. The highest BCUT2D eigenvalue weighted by Gasteiger charge is 2.53. The Morgan fingerprint density at radius 3 is 2.00 bits per heavy atom. The molecule has 0 saturated carbocycles. The molecule has 0 bridgehead atoms. The summed E-state index contributed by atoms with van der Waals surface area (Å²) >= 11 is 0. The Bertz CT molecular complexity index is 282. The number of halogens is 4. The van der Waals surface area contributed by atoms with E-state index in [0.29, 0.717) is 6.08 Å². The van der Waals surface area contributed by atoms with Crippen LogP contribution in [0, 0.1) is 5.41 Å². The fraction of sp³-hybridized carbons (Fsp3) is 0.667. The van der Waals surface area contributed by atoms with E-state index in [2.05, 4.69) is 0 Å². The van der Waals surface area contributed by atoms with Gasteiger partial charge in [0, 0.05) is 5.57 Å². The Kier molecular flexibility index (Phi) is 3.90. The monoisotopic (exact) mass is 228 g/mol.